The van der Waals surface area contributed by atoms with Crippen LogP contribution in [0.3, 0.4) is 0 Å². The van der Waals surface area contributed by atoms with Crippen LogP contribution in [0.5, 0.6) is 11.5 Å². The quantitative estimate of drug-likeness (QED) is 0.235. The number of carbonyl (C=O) groups excluding carboxylic acids is 2. The van der Waals surface area contributed by atoms with Gasteiger partial charge in [-0.15, -0.1) is 0 Å². The smallest absolute Gasteiger partial charge is 0.295 e. The number of methoxy groups -OCH3 is 2. The largest absolute Gasteiger partial charge is 0.507 e. The van der Waals surface area contributed by atoms with Gasteiger partial charge in [-0.1, -0.05) is 30.7 Å². The number of amides is 1. The standard InChI is InChI=1S/C25H28ClNO6/c1-4-13-33-18-9-6-16(7-10-18)22-21(24(29)25(30)27(22)12-5-14-31-2)23(28)17-8-11-20(32-3)19(26)15-17/h6-11,15,22,28H,4-5,12-14H2,1-3H3/b23-21-. The molecule has 0 aromatic heterocycles. The van der Waals surface area contributed by atoms with E-state index in [9.17, 15) is 14.7 Å². The van der Waals surface area contributed by atoms with E-state index in [1.807, 2.05) is 6.92 Å². The Balaban J connectivity index is 2.07. The Morgan fingerprint density at radius 2 is 1.82 bits per heavy atom. The minimum Gasteiger partial charge on any atom is -0.507 e. The molecule has 1 aliphatic rings. The molecule has 1 aliphatic heterocycles. The van der Waals surface area contributed by atoms with Crippen molar-refractivity contribution in [2.75, 3.05) is 34.0 Å². The third-order valence-electron chi connectivity index (χ3n) is 5.38. The van der Waals surface area contributed by atoms with E-state index < -0.39 is 17.7 Å². The number of likely N-dealkylation sites (tertiary alicyclic amines) is 1. The maximum absolute atomic E-state index is 13.0. The van der Waals surface area contributed by atoms with Crippen LogP contribution in [0.2, 0.25) is 5.02 Å². The van der Waals surface area contributed by atoms with Gasteiger partial charge in [-0.05, 0) is 48.7 Å². The van der Waals surface area contributed by atoms with Crippen molar-refractivity contribution >= 4 is 29.1 Å². The lowest BCUT2D eigenvalue weighted by atomic mass is 9.95. The van der Waals surface area contributed by atoms with Gasteiger partial charge in [0.15, 0.2) is 0 Å². The molecule has 0 bridgehead atoms. The molecule has 1 N–H and O–H groups in total. The van der Waals surface area contributed by atoms with E-state index in [1.165, 1.54) is 18.1 Å². The lowest BCUT2D eigenvalue weighted by molar-refractivity contribution is -0.140. The first-order chi connectivity index (χ1) is 15.9. The Morgan fingerprint density at radius 3 is 2.42 bits per heavy atom. The van der Waals surface area contributed by atoms with Gasteiger partial charge in [-0.3, -0.25) is 9.59 Å². The zero-order chi connectivity index (χ0) is 24.0. The van der Waals surface area contributed by atoms with Crippen molar-refractivity contribution < 1.29 is 28.9 Å². The minimum atomic E-state index is -0.747. The van der Waals surface area contributed by atoms with Gasteiger partial charge in [0.2, 0.25) is 0 Å². The number of carbonyl (C=O) groups is 2. The molecular weight excluding hydrogens is 446 g/mol. The summed E-state index contributed by atoms with van der Waals surface area (Å²) in [4.78, 5) is 27.4. The lowest BCUT2D eigenvalue weighted by Gasteiger charge is -2.25. The van der Waals surface area contributed by atoms with Gasteiger partial charge in [0.25, 0.3) is 11.7 Å². The number of hydrogen-bond acceptors (Lipinski definition) is 6. The highest BCUT2D eigenvalue weighted by atomic mass is 35.5. The fourth-order valence-corrected chi connectivity index (χ4v) is 4.03. The Labute approximate surface area is 198 Å². The number of rotatable bonds is 10. The van der Waals surface area contributed by atoms with Gasteiger partial charge in [0.05, 0.1) is 30.4 Å². The molecule has 0 radical (unpaired) electrons. The number of Topliss-reactive ketones (excluding diaryl/α,β-unsaturated/α-hetero) is 1. The normalized spacial score (nSPS) is 17.5. The van der Waals surface area contributed by atoms with Crippen LogP contribution in [0.15, 0.2) is 48.0 Å². The summed E-state index contributed by atoms with van der Waals surface area (Å²) < 4.78 is 15.9. The predicted octanol–water partition coefficient (Wildman–Crippen LogP) is 4.60. The monoisotopic (exact) mass is 473 g/mol. The average Bonchev–Trinajstić information content (AvgIpc) is 3.07. The van der Waals surface area contributed by atoms with E-state index in [0.29, 0.717) is 48.8 Å². The first-order valence-corrected chi connectivity index (χ1v) is 11.1. The van der Waals surface area contributed by atoms with Crippen LogP contribution in [-0.4, -0.2) is 55.7 Å². The number of aliphatic hydroxyl groups excluding tert-OH is 1. The summed E-state index contributed by atoms with van der Waals surface area (Å²) in [5.41, 5.74) is 1.03. The number of ketones is 1. The first-order valence-electron chi connectivity index (χ1n) is 10.8. The van der Waals surface area contributed by atoms with Crippen LogP contribution in [0, 0.1) is 0 Å². The molecule has 33 heavy (non-hydrogen) atoms. The highest BCUT2D eigenvalue weighted by Crippen LogP contribution is 2.40. The van der Waals surface area contributed by atoms with E-state index in [1.54, 1.807) is 43.5 Å². The van der Waals surface area contributed by atoms with Crippen LogP contribution in [0.1, 0.15) is 36.9 Å². The Hall–Kier alpha value is -3.03. The van der Waals surface area contributed by atoms with Gasteiger partial charge in [-0.25, -0.2) is 0 Å². The summed E-state index contributed by atoms with van der Waals surface area (Å²) in [6.45, 7) is 3.35. The lowest BCUT2D eigenvalue weighted by Crippen LogP contribution is -2.31. The van der Waals surface area contributed by atoms with E-state index in [4.69, 9.17) is 25.8 Å². The number of benzene rings is 2. The Bertz CT molecular complexity index is 1030. The molecular formula is C25H28ClNO6. The van der Waals surface area contributed by atoms with Crippen molar-refractivity contribution in [3.8, 4) is 11.5 Å². The molecule has 8 heteroatoms. The fraction of sp³-hybridized carbons (Fsp3) is 0.360. The molecule has 1 fully saturated rings. The number of ether oxygens (including phenoxy) is 3. The maximum atomic E-state index is 13.0. The highest BCUT2D eigenvalue weighted by Gasteiger charge is 2.45. The minimum absolute atomic E-state index is 0.0147. The van der Waals surface area contributed by atoms with Crippen molar-refractivity contribution in [3.05, 3.63) is 64.2 Å². The second kappa shape index (κ2) is 11.2. The van der Waals surface area contributed by atoms with Gasteiger partial charge in [-0.2, -0.15) is 0 Å². The molecule has 7 nitrogen and oxygen atoms in total. The fourth-order valence-electron chi connectivity index (χ4n) is 3.77. The molecule has 3 rings (SSSR count). The number of hydrogen-bond donors (Lipinski definition) is 1. The van der Waals surface area contributed by atoms with Crippen LogP contribution in [0.25, 0.3) is 5.76 Å². The van der Waals surface area contributed by atoms with E-state index in [-0.39, 0.29) is 16.4 Å². The summed E-state index contributed by atoms with van der Waals surface area (Å²) in [5, 5.41) is 11.4. The molecule has 2 aromatic rings. The summed E-state index contributed by atoms with van der Waals surface area (Å²) in [7, 11) is 3.06. The third-order valence-corrected chi connectivity index (χ3v) is 5.68. The van der Waals surface area contributed by atoms with Crippen LogP contribution in [-0.2, 0) is 14.3 Å². The molecule has 0 aliphatic carbocycles. The maximum Gasteiger partial charge on any atom is 0.295 e. The van der Waals surface area contributed by atoms with E-state index in [2.05, 4.69) is 0 Å². The molecule has 0 spiro atoms. The number of nitrogens with zero attached hydrogens (tertiary/aromatic N) is 1. The Kier molecular flexibility index (Phi) is 8.36. The van der Waals surface area contributed by atoms with Gasteiger partial charge in [0, 0.05) is 25.8 Å². The second-order valence-corrected chi connectivity index (χ2v) is 8.01. The predicted molar refractivity (Wildman–Crippen MR) is 126 cm³/mol. The number of halogens is 1. The van der Waals surface area contributed by atoms with Crippen molar-refractivity contribution in [2.45, 2.75) is 25.8 Å². The van der Waals surface area contributed by atoms with Crippen LogP contribution >= 0.6 is 11.6 Å². The van der Waals surface area contributed by atoms with Gasteiger partial charge in [0.1, 0.15) is 17.3 Å². The third kappa shape index (κ3) is 5.31. The van der Waals surface area contributed by atoms with Crippen molar-refractivity contribution in [1.82, 2.24) is 4.90 Å². The summed E-state index contributed by atoms with van der Waals surface area (Å²) in [6.07, 6.45) is 1.43. The van der Waals surface area contributed by atoms with Crippen LogP contribution in [0.4, 0.5) is 0 Å². The molecule has 176 valence electrons. The molecule has 1 unspecified atom stereocenters. The summed E-state index contributed by atoms with van der Waals surface area (Å²) in [5.74, 6) is -0.563. The van der Waals surface area contributed by atoms with Crippen molar-refractivity contribution in [1.29, 1.82) is 0 Å². The van der Waals surface area contributed by atoms with Gasteiger partial charge < -0.3 is 24.2 Å². The van der Waals surface area contributed by atoms with E-state index >= 15 is 0 Å². The second-order valence-electron chi connectivity index (χ2n) is 7.61. The SMILES string of the molecule is CCCOc1ccc(C2/C(=C(/O)c3ccc(OC)c(Cl)c3)C(=O)C(=O)N2CCCOC)cc1. The Morgan fingerprint density at radius 1 is 1.09 bits per heavy atom. The first kappa shape index (κ1) is 24.6. The summed E-state index contributed by atoms with van der Waals surface area (Å²) in [6, 6.07) is 11.2. The molecule has 2 aromatic carbocycles. The van der Waals surface area contributed by atoms with E-state index in [0.717, 1.165) is 6.42 Å². The van der Waals surface area contributed by atoms with Crippen LogP contribution < -0.4 is 9.47 Å². The van der Waals surface area contributed by atoms with Crippen molar-refractivity contribution in [3.63, 3.8) is 0 Å². The zero-order valence-electron chi connectivity index (χ0n) is 19.0. The topological polar surface area (TPSA) is 85.3 Å². The zero-order valence-corrected chi connectivity index (χ0v) is 19.7. The molecule has 1 amide bonds. The number of aliphatic hydroxyl groups is 1. The van der Waals surface area contributed by atoms with Crippen molar-refractivity contribution in [2.24, 2.45) is 0 Å². The van der Waals surface area contributed by atoms with Gasteiger partial charge >= 0.3 is 0 Å². The average molecular weight is 474 g/mol. The molecule has 1 saturated heterocycles. The molecule has 1 atom stereocenters. The summed E-state index contributed by atoms with van der Waals surface area (Å²) >= 11 is 6.22. The highest BCUT2D eigenvalue weighted by molar-refractivity contribution is 6.46. The molecule has 1 heterocycles. The molecule has 0 saturated carbocycles.